The first-order chi connectivity index (χ1) is 7.54. The molecule has 0 radical (unpaired) electrons. The smallest absolute Gasteiger partial charge is 0.197 e. The van der Waals surface area contributed by atoms with Gasteiger partial charge in [-0.15, -0.1) is 0 Å². The maximum absolute atomic E-state index is 13.4. The molecule has 0 amide bonds. The Balaban J connectivity index is 3.33. The lowest BCUT2D eigenvalue weighted by Gasteiger charge is -2.11. The minimum Gasteiger partial charge on any atom is -0.203 e. The molecule has 0 aliphatic heterocycles. The lowest BCUT2D eigenvalue weighted by molar-refractivity contribution is 0.397. The van der Waals surface area contributed by atoms with Crippen LogP contribution in [0.25, 0.3) is 0 Å². The normalized spacial score (nSPS) is 10.9. The van der Waals surface area contributed by atoms with E-state index in [-0.39, 0.29) is 24.0 Å². The average Bonchev–Trinajstić information content (AvgIpc) is 2.29. The van der Waals surface area contributed by atoms with Crippen molar-refractivity contribution in [2.24, 2.45) is 0 Å². The van der Waals surface area contributed by atoms with Crippen LogP contribution in [0.5, 0.6) is 0 Å². The zero-order valence-electron chi connectivity index (χ0n) is 9.34. The van der Waals surface area contributed by atoms with Crippen LogP contribution in [0.2, 0.25) is 0 Å². The Morgan fingerprint density at radius 3 is 1.69 bits per heavy atom. The first kappa shape index (κ1) is 13.0. The Labute approximate surface area is 92.3 Å². The molecule has 0 aliphatic rings. The minimum absolute atomic E-state index is 0.0271. The molecule has 0 nitrogen and oxygen atoms in total. The highest BCUT2D eigenvalue weighted by Gasteiger charge is 2.23. The molecule has 0 bridgehead atoms. The standard InChI is InChI=1S/C12H14F4/c1-3-5-6-8-7(4-2)9(13)11(15)12(16)10(8)14/h3-6H2,1-2H3. The van der Waals surface area contributed by atoms with Crippen molar-refractivity contribution in [3.05, 3.63) is 34.4 Å². The number of hydrogen-bond acceptors (Lipinski definition) is 0. The van der Waals surface area contributed by atoms with Gasteiger partial charge in [0.25, 0.3) is 0 Å². The summed E-state index contributed by atoms with van der Waals surface area (Å²) >= 11 is 0. The van der Waals surface area contributed by atoms with Gasteiger partial charge >= 0.3 is 0 Å². The zero-order valence-corrected chi connectivity index (χ0v) is 9.34. The van der Waals surface area contributed by atoms with E-state index in [1.807, 2.05) is 6.92 Å². The molecule has 0 spiro atoms. The second-order valence-corrected chi connectivity index (χ2v) is 3.67. The molecule has 90 valence electrons. The summed E-state index contributed by atoms with van der Waals surface area (Å²) in [5, 5.41) is 0. The number of rotatable bonds is 4. The van der Waals surface area contributed by atoms with Crippen LogP contribution in [0.1, 0.15) is 37.8 Å². The third-order valence-electron chi connectivity index (χ3n) is 2.61. The van der Waals surface area contributed by atoms with Crippen LogP contribution in [0.15, 0.2) is 0 Å². The predicted molar refractivity (Wildman–Crippen MR) is 54.3 cm³/mol. The van der Waals surface area contributed by atoms with E-state index in [9.17, 15) is 17.6 Å². The fourth-order valence-electron chi connectivity index (χ4n) is 1.71. The summed E-state index contributed by atoms with van der Waals surface area (Å²) in [5.41, 5.74) is -0.0781. The average molecular weight is 234 g/mol. The second-order valence-electron chi connectivity index (χ2n) is 3.67. The summed E-state index contributed by atoms with van der Waals surface area (Å²) in [5.74, 6) is -5.92. The Hall–Kier alpha value is -1.06. The molecule has 16 heavy (non-hydrogen) atoms. The molecule has 0 atom stereocenters. The van der Waals surface area contributed by atoms with Gasteiger partial charge < -0.3 is 0 Å². The second kappa shape index (κ2) is 5.32. The number of halogens is 4. The van der Waals surface area contributed by atoms with Crippen molar-refractivity contribution in [2.45, 2.75) is 39.5 Å². The topological polar surface area (TPSA) is 0 Å². The van der Waals surface area contributed by atoms with Crippen LogP contribution >= 0.6 is 0 Å². The van der Waals surface area contributed by atoms with Gasteiger partial charge in [0.05, 0.1) is 0 Å². The molecule has 0 aliphatic carbocycles. The summed E-state index contributed by atoms with van der Waals surface area (Å²) in [4.78, 5) is 0. The van der Waals surface area contributed by atoms with Crippen LogP contribution in [-0.4, -0.2) is 0 Å². The summed E-state index contributed by atoms with van der Waals surface area (Å²) in [6.07, 6.45) is 1.79. The monoisotopic (exact) mass is 234 g/mol. The van der Waals surface area contributed by atoms with E-state index in [1.54, 1.807) is 6.92 Å². The molecule has 0 unspecified atom stereocenters. The summed E-state index contributed by atoms with van der Waals surface area (Å²) in [6, 6.07) is 0. The lowest BCUT2D eigenvalue weighted by Crippen LogP contribution is -2.08. The van der Waals surface area contributed by atoms with Gasteiger partial charge in [0.1, 0.15) is 0 Å². The van der Waals surface area contributed by atoms with Gasteiger partial charge in [0.2, 0.25) is 0 Å². The summed E-state index contributed by atoms with van der Waals surface area (Å²) < 4.78 is 52.7. The maximum Gasteiger partial charge on any atom is 0.197 e. The van der Waals surface area contributed by atoms with Crippen LogP contribution in [0.3, 0.4) is 0 Å². The Morgan fingerprint density at radius 1 is 0.750 bits per heavy atom. The van der Waals surface area contributed by atoms with Gasteiger partial charge in [0.15, 0.2) is 23.3 Å². The fourth-order valence-corrected chi connectivity index (χ4v) is 1.71. The Bertz CT molecular complexity index is 385. The zero-order chi connectivity index (χ0) is 12.3. The third kappa shape index (κ3) is 2.20. The van der Waals surface area contributed by atoms with Gasteiger partial charge in [-0.25, -0.2) is 17.6 Å². The molecule has 1 rings (SSSR count). The maximum atomic E-state index is 13.4. The van der Waals surface area contributed by atoms with Crippen molar-refractivity contribution < 1.29 is 17.6 Å². The lowest BCUT2D eigenvalue weighted by atomic mass is 9.98. The predicted octanol–water partition coefficient (Wildman–Crippen LogP) is 4.15. The fraction of sp³-hybridized carbons (Fsp3) is 0.500. The molecule has 0 aromatic heterocycles. The summed E-state index contributed by atoms with van der Waals surface area (Å²) in [7, 11) is 0. The van der Waals surface area contributed by atoms with Crippen molar-refractivity contribution >= 4 is 0 Å². The Morgan fingerprint density at radius 2 is 1.25 bits per heavy atom. The molecule has 0 saturated carbocycles. The van der Waals surface area contributed by atoms with E-state index in [4.69, 9.17) is 0 Å². The quantitative estimate of drug-likeness (QED) is 0.417. The van der Waals surface area contributed by atoms with E-state index in [2.05, 4.69) is 0 Å². The van der Waals surface area contributed by atoms with E-state index in [0.717, 1.165) is 6.42 Å². The van der Waals surface area contributed by atoms with E-state index in [1.165, 1.54) is 0 Å². The van der Waals surface area contributed by atoms with E-state index >= 15 is 0 Å². The van der Waals surface area contributed by atoms with Crippen molar-refractivity contribution in [3.8, 4) is 0 Å². The largest absolute Gasteiger partial charge is 0.203 e. The van der Waals surface area contributed by atoms with Gasteiger partial charge in [-0.05, 0) is 30.4 Å². The third-order valence-corrected chi connectivity index (χ3v) is 2.61. The highest BCUT2D eigenvalue weighted by Crippen LogP contribution is 2.25. The summed E-state index contributed by atoms with van der Waals surface area (Å²) in [6.45, 7) is 3.48. The highest BCUT2D eigenvalue weighted by atomic mass is 19.2. The molecule has 0 N–H and O–H groups in total. The van der Waals surface area contributed by atoms with E-state index in [0.29, 0.717) is 6.42 Å². The molecular formula is C12H14F4. The SMILES string of the molecule is CCCCc1c(F)c(F)c(F)c(F)c1CC. The van der Waals surface area contributed by atoms with Crippen molar-refractivity contribution in [2.75, 3.05) is 0 Å². The first-order valence-corrected chi connectivity index (χ1v) is 5.38. The molecule has 1 aromatic carbocycles. The van der Waals surface area contributed by atoms with Gasteiger partial charge in [-0.1, -0.05) is 20.3 Å². The van der Waals surface area contributed by atoms with Crippen LogP contribution in [0, 0.1) is 23.3 Å². The molecular weight excluding hydrogens is 220 g/mol. The van der Waals surface area contributed by atoms with Gasteiger partial charge in [-0.3, -0.25) is 0 Å². The molecule has 0 fully saturated rings. The van der Waals surface area contributed by atoms with Crippen molar-refractivity contribution in [1.82, 2.24) is 0 Å². The van der Waals surface area contributed by atoms with Crippen LogP contribution in [-0.2, 0) is 12.8 Å². The van der Waals surface area contributed by atoms with E-state index < -0.39 is 23.3 Å². The molecule has 4 heteroatoms. The van der Waals surface area contributed by atoms with Gasteiger partial charge in [-0.2, -0.15) is 0 Å². The molecule has 1 aromatic rings. The first-order valence-electron chi connectivity index (χ1n) is 5.38. The number of hydrogen-bond donors (Lipinski definition) is 0. The van der Waals surface area contributed by atoms with Crippen molar-refractivity contribution in [1.29, 1.82) is 0 Å². The van der Waals surface area contributed by atoms with Crippen LogP contribution in [0.4, 0.5) is 17.6 Å². The Kier molecular flexibility index (Phi) is 4.33. The molecule has 0 saturated heterocycles. The minimum atomic E-state index is -1.71. The molecule has 0 heterocycles. The van der Waals surface area contributed by atoms with Crippen molar-refractivity contribution in [3.63, 3.8) is 0 Å². The van der Waals surface area contributed by atoms with Crippen LogP contribution < -0.4 is 0 Å². The number of benzene rings is 1. The highest BCUT2D eigenvalue weighted by molar-refractivity contribution is 5.32. The van der Waals surface area contributed by atoms with Gasteiger partial charge in [0, 0.05) is 0 Å². The number of unbranched alkanes of at least 4 members (excludes halogenated alkanes) is 1.